The smallest absolute Gasteiger partial charge is 0.329 e. The molecule has 2 aromatic rings. The first-order valence-corrected chi connectivity index (χ1v) is 12.0. The van der Waals surface area contributed by atoms with Crippen LogP contribution in [-0.2, 0) is 30.8 Å². The number of fused-ring (bicyclic) bond motifs is 1. The average molecular weight is 481 g/mol. The summed E-state index contributed by atoms with van der Waals surface area (Å²) in [4.78, 5) is 27.1. The molecule has 2 aliphatic rings. The SMILES string of the molecule is COC(=O)C1Cc2ccccc2N1C(=O)C1CCN(S(=O)(=O)c2ccc(F)c(Cl)c2)CC1. The second-order valence-corrected chi connectivity index (χ2v) is 10.2. The molecule has 1 atom stereocenters. The summed E-state index contributed by atoms with van der Waals surface area (Å²) in [5, 5.41) is -0.266. The minimum atomic E-state index is -3.86. The van der Waals surface area contributed by atoms with Crippen molar-refractivity contribution >= 4 is 39.2 Å². The Morgan fingerprint density at radius 2 is 1.81 bits per heavy atom. The molecule has 0 aromatic heterocycles. The number of piperidine rings is 1. The summed E-state index contributed by atoms with van der Waals surface area (Å²) in [6, 6.07) is 9.89. The van der Waals surface area contributed by atoms with Crippen molar-refractivity contribution in [3.05, 3.63) is 58.9 Å². The summed E-state index contributed by atoms with van der Waals surface area (Å²) >= 11 is 5.74. The van der Waals surface area contributed by atoms with E-state index in [0.29, 0.717) is 24.9 Å². The molecule has 1 amide bonds. The minimum Gasteiger partial charge on any atom is -0.467 e. The molecule has 0 radical (unpaired) electrons. The lowest BCUT2D eigenvalue weighted by Gasteiger charge is -2.34. The fourth-order valence-electron chi connectivity index (χ4n) is 4.31. The molecule has 2 aromatic carbocycles. The molecule has 0 bridgehead atoms. The second-order valence-electron chi connectivity index (χ2n) is 7.83. The van der Waals surface area contributed by atoms with E-state index >= 15 is 0 Å². The van der Waals surface area contributed by atoms with Crippen molar-refractivity contribution in [1.29, 1.82) is 0 Å². The molecule has 2 aliphatic heterocycles. The average Bonchev–Trinajstić information content (AvgIpc) is 3.19. The van der Waals surface area contributed by atoms with Gasteiger partial charge in [0.2, 0.25) is 15.9 Å². The molecule has 10 heteroatoms. The van der Waals surface area contributed by atoms with E-state index in [1.54, 1.807) is 6.07 Å². The molecular weight excluding hydrogens is 459 g/mol. The molecular formula is C22H22ClFN2O5S. The number of carbonyl (C=O) groups is 2. The zero-order valence-electron chi connectivity index (χ0n) is 17.3. The molecule has 1 saturated heterocycles. The van der Waals surface area contributed by atoms with Crippen LogP contribution in [0, 0.1) is 11.7 Å². The molecule has 32 heavy (non-hydrogen) atoms. The van der Waals surface area contributed by atoms with Crippen molar-refractivity contribution in [3.8, 4) is 0 Å². The normalized spacial score (nSPS) is 19.6. The number of carbonyl (C=O) groups excluding carboxylic acids is 2. The molecule has 0 N–H and O–H groups in total. The van der Waals surface area contributed by atoms with Crippen LogP contribution in [0.4, 0.5) is 10.1 Å². The maximum atomic E-state index is 13.4. The van der Waals surface area contributed by atoms with Gasteiger partial charge in [-0.05, 0) is 42.7 Å². The Labute approximate surface area is 190 Å². The Balaban J connectivity index is 1.50. The van der Waals surface area contributed by atoms with Crippen molar-refractivity contribution < 1.29 is 27.1 Å². The first-order valence-electron chi connectivity index (χ1n) is 10.2. The van der Waals surface area contributed by atoms with Crippen molar-refractivity contribution in [3.63, 3.8) is 0 Å². The van der Waals surface area contributed by atoms with E-state index in [1.165, 1.54) is 22.4 Å². The lowest BCUT2D eigenvalue weighted by molar-refractivity contribution is -0.143. The Bertz CT molecular complexity index is 1160. The third-order valence-corrected chi connectivity index (χ3v) is 8.20. The van der Waals surface area contributed by atoms with E-state index in [1.807, 2.05) is 18.2 Å². The van der Waals surface area contributed by atoms with E-state index in [0.717, 1.165) is 17.7 Å². The van der Waals surface area contributed by atoms with Gasteiger partial charge in [0, 0.05) is 31.1 Å². The summed E-state index contributed by atoms with van der Waals surface area (Å²) in [5.74, 6) is -1.83. The highest BCUT2D eigenvalue weighted by molar-refractivity contribution is 7.89. The van der Waals surface area contributed by atoms with Crippen LogP contribution in [0.5, 0.6) is 0 Å². The highest BCUT2D eigenvalue weighted by atomic mass is 35.5. The number of anilines is 1. The number of amides is 1. The van der Waals surface area contributed by atoms with Crippen molar-refractivity contribution in [1.82, 2.24) is 4.31 Å². The second kappa shape index (κ2) is 8.80. The fraction of sp³-hybridized carbons (Fsp3) is 0.364. The molecule has 1 unspecified atom stereocenters. The number of esters is 1. The fourth-order valence-corrected chi connectivity index (χ4v) is 6.05. The number of hydrogen-bond donors (Lipinski definition) is 0. The number of halogens is 2. The van der Waals surface area contributed by atoms with Crippen LogP contribution in [0.25, 0.3) is 0 Å². The number of methoxy groups -OCH3 is 1. The Hall–Kier alpha value is -2.49. The van der Waals surface area contributed by atoms with Crippen LogP contribution in [0.1, 0.15) is 18.4 Å². The summed E-state index contributed by atoms with van der Waals surface area (Å²) in [6.07, 6.45) is 0.992. The monoisotopic (exact) mass is 480 g/mol. The molecule has 4 rings (SSSR count). The van der Waals surface area contributed by atoms with E-state index < -0.39 is 33.8 Å². The Morgan fingerprint density at radius 3 is 2.47 bits per heavy atom. The van der Waals surface area contributed by atoms with Gasteiger partial charge in [-0.2, -0.15) is 4.31 Å². The van der Waals surface area contributed by atoms with Gasteiger partial charge in [-0.1, -0.05) is 29.8 Å². The van der Waals surface area contributed by atoms with E-state index in [9.17, 15) is 22.4 Å². The van der Waals surface area contributed by atoms with E-state index in [4.69, 9.17) is 16.3 Å². The number of ether oxygens (including phenoxy) is 1. The van der Waals surface area contributed by atoms with Gasteiger partial charge >= 0.3 is 5.97 Å². The third kappa shape index (κ3) is 4.00. The molecule has 170 valence electrons. The number of benzene rings is 2. The number of nitrogens with zero attached hydrogens (tertiary/aromatic N) is 2. The van der Waals surface area contributed by atoms with Gasteiger partial charge < -0.3 is 4.74 Å². The highest BCUT2D eigenvalue weighted by Gasteiger charge is 2.42. The highest BCUT2D eigenvalue weighted by Crippen LogP contribution is 2.36. The third-order valence-electron chi connectivity index (χ3n) is 6.02. The maximum Gasteiger partial charge on any atom is 0.329 e. The van der Waals surface area contributed by atoms with Gasteiger partial charge in [0.1, 0.15) is 11.9 Å². The topological polar surface area (TPSA) is 84.0 Å². The van der Waals surface area contributed by atoms with Gasteiger partial charge in [-0.25, -0.2) is 17.6 Å². The van der Waals surface area contributed by atoms with Gasteiger partial charge in [0.05, 0.1) is 17.0 Å². The molecule has 2 heterocycles. The summed E-state index contributed by atoms with van der Waals surface area (Å²) in [7, 11) is -2.57. The van der Waals surface area contributed by atoms with Crippen molar-refractivity contribution in [2.75, 3.05) is 25.1 Å². The molecule has 7 nitrogen and oxygen atoms in total. The van der Waals surface area contributed by atoms with Gasteiger partial charge in [-0.15, -0.1) is 0 Å². The molecule has 0 saturated carbocycles. The maximum absolute atomic E-state index is 13.4. The van der Waals surface area contributed by atoms with E-state index in [-0.39, 0.29) is 28.9 Å². The number of hydrogen-bond acceptors (Lipinski definition) is 5. The summed E-state index contributed by atoms with van der Waals surface area (Å²) in [6.45, 7) is 0.262. The summed E-state index contributed by atoms with van der Waals surface area (Å²) < 4.78 is 45.4. The van der Waals surface area contributed by atoms with Crippen molar-refractivity contribution in [2.45, 2.75) is 30.2 Å². The summed E-state index contributed by atoms with van der Waals surface area (Å²) in [5.41, 5.74) is 1.58. The van der Waals surface area contributed by atoms with Crippen LogP contribution in [0.2, 0.25) is 5.02 Å². The lowest BCUT2D eigenvalue weighted by Crippen LogP contribution is -2.49. The largest absolute Gasteiger partial charge is 0.467 e. The lowest BCUT2D eigenvalue weighted by atomic mass is 9.96. The van der Waals surface area contributed by atoms with Gasteiger partial charge in [-0.3, -0.25) is 9.69 Å². The standard InChI is InChI=1S/C22H22ClFN2O5S/c1-31-22(28)20-12-15-4-2-3-5-19(15)26(20)21(27)14-8-10-25(11-9-14)32(29,30)16-6-7-18(24)17(23)13-16/h2-7,13-14,20H,8-12H2,1H3. The first kappa shape index (κ1) is 22.7. The number of sulfonamides is 1. The number of para-hydroxylation sites is 1. The molecule has 1 fully saturated rings. The molecule has 0 spiro atoms. The van der Waals surface area contributed by atoms with Gasteiger partial charge in [0.15, 0.2) is 0 Å². The number of rotatable bonds is 4. The zero-order valence-corrected chi connectivity index (χ0v) is 18.9. The van der Waals surface area contributed by atoms with Crippen LogP contribution >= 0.6 is 11.6 Å². The van der Waals surface area contributed by atoms with Crippen LogP contribution < -0.4 is 4.90 Å². The zero-order chi connectivity index (χ0) is 23.0. The van der Waals surface area contributed by atoms with Crippen LogP contribution in [-0.4, -0.2) is 50.8 Å². The van der Waals surface area contributed by atoms with Crippen LogP contribution in [0.3, 0.4) is 0 Å². The van der Waals surface area contributed by atoms with E-state index in [2.05, 4.69) is 0 Å². The minimum absolute atomic E-state index is 0.0899. The van der Waals surface area contributed by atoms with Crippen LogP contribution in [0.15, 0.2) is 47.4 Å². The first-order chi connectivity index (χ1) is 15.2. The van der Waals surface area contributed by atoms with Gasteiger partial charge in [0.25, 0.3) is 0 Å². The molecule has 0 aliphatic carbocycles. The predicted molar refractivity (Wildman–Crippen MR) is 116 cm³/mol. The Kier molecular flexibility index (Phi) is 6.24. The van der Waals surface area contributed by atoms with Crippen molar-refractivity contribution in [2.24, 2.45) is 5.92 Å². The Morgan fingerprint density at radius 1 is 1.12 bits per heavy atom. The predicted octanol–water partition coefficient (Wildman–Crippen LogP) is 3.01. The quantitative estimate of drug-likeness (QED) is 0.628.